The van der Waals surface area contributed by atoms with E-state index in [1.165, 1.54) is 30.5 Å². The molecule has 0 saturated heterocycles. The van der Waals surface area contributed by atoms with Crippen molar-refractivity contribution in [3.8, 4) is 0 Å². The van der Waals surface area contributed by atoms with Gasteiger partial charge in [-0.3, -0.25) is 38.5 Å². The lowest BCUT2D eigenvalue weighted by atomic mass is 10.1. The first-order valence-corrected chi connectivity index (χ1v) is 18.4. The minimum Gasteiger partial charge on any atom is -0.481 e. The highest BCUT2D eigenvalue weighted by atomic mass is 32.1. The number of nitrogens with one attached hydrogen (secondary N) is 7. The summed E-state index contributed by atoms with van der Waals surface area (Å²) in [5.41, 5.74) is 11.9. The van der Waals surface area contributed by atoms with Gasteiger partial charge in [0.2, 0.25) is 29.6 Å². The molecule has 0 bridgehead atoms. The van der Waals surface area contributed by atoms with Gasteiger partial charge in [-0.25, -0.2) is 19.6 Å². The summed E-state index contributed by atoms with van der Waals surface area (Å²) < 4.78 is 0. The number of carbonyl (C=O) groups excluding carboxylic acids is 5. The molecule has 0 radical (unpaired) electrons. The molecule has 2 aromatic heterocycles. The Hall–Kier alpha value is -6.89. The molecule has 59 heavy (non-hydrogen) atoms. The second kappa shape index (κ2) is 22.2. The number of aromatic nitrogens is 4. The van der Waals surface area contributed by atoms with Crippen LogP contribution in [0.5, 0.6) is 0 Å². The van der Waals surface area contributed by atoms with Gasteiger partial charge in [-0.05, 0) is 44.0 Å². The van der Waals surface area contributed by atoms with Crippen LogP contribution in [0.25, 0.3) is 11.2 Å². The molecule has 0 unspecified atom stereocenters. The number of H-pyrrole nitrogens is 1. The predicted octanol–water partition coefficient (Wildman–Crippen LogP) is -2.94. The number of aromatic amines is 1. The van der Waals surface area contributed by atoms with Crippen molar-refractivity contribution in [3.05, 3.63) is 52.1 Å². The molecule has 0 fully saturated rings. The summed E-state index contributed by atoms with van der Waals surface area (Å²) in [5, 5.41) is 42.9. The molecule has 0 saturated carbocycles. The number of nitrogen functional groups attached to an aromatic ring is 1. The second-order valence-corrected chi connectivity index (χ2v) is 13.3. The van der Waals surface area contributed by atoms with E-state index in [0.717, 1.165) is 0 Å². The lowest BCUT2D eigenvalue weighted by Crippen LogP contribution is -2.56. The normalized spacial score (nSPS) is 13.4. The zero-order chi connectivity index (χ0) is 43.8. The Kier molecular flexibility index (Phi) is 17.5. The Morgan fingerprint density at radius 2 is 1.46 bits per heavy atom. The summed E-state index contributed by atoms with van der Waals surface area (Å²) in [7, 11) is 0. The Bertz CT molecular complexity index is 2100. The van der Waals surface area contributed by atoms with Crippen molar-refractivity contribution in [1.29, 1.82) is 0 Å². The molecule has 0 aliphatic rings. The maximum atomic E-state index is 12.8. The molecule has 14 N–H and O–H groups in total. The van der Waals surface area contributed by atoms with Crippen molar-refractivity contribution in [2.45, 2.75) is 75.8 Å². The maximum absolute atomic E-state index is 12.8. The van der Waals surface area contributed by atoms with Gasteiger partial charge in [0.05, 0.1) is 24.9 Å². The summed E-state index contributed by atoms with van der Waals surface area (Å²) in [4.78, 5) is 124. The molecule has 5 atom stereocenters. The number of hydrogen-bond donors (Lipinski definition) is 13. The van der Waals surface area contributed by atoms with Gasteiger partial charge in [-0.2, -0.15) is 17.6 Å². The summed E-state index contributed by atoms with van der Waals surface area (Å²) in [5.74, 6) is -8.31. The molecule has 25 heteroatoms. The van der Waals surface area contributed by atoms with E-state index < -0.39 is 122 Å². The third kappa shape index (κ3) is 15.2. The van der Waals surface area contributed by atoms with E-state index in [4.69, 9.17) is 16.6 Å². The first-order valence-electron chi connectivity index (χ1n) is 17.7. The van der Waals surface area contributed by atoms with Crippen LogP contribution in [0.2, 0.25) is 0 Å². The van der Waals surface area contributed by atoms with Crippen LogP contribution in [0.15, 0.2) is 35.3 Å². The first-order chi connectivity index (χ1) is 27.9. The number of benzene rings is 1. The maximum Gasteiger partial charge on any atom is 0.326 e. The van der Waals surface area contributed by atoms with E-state index in [-0.39, 0.29) is 35.0 Å². The van der Waals surface area contributed by atoms with Gasteiger partial charge in [0.25, 0.3) is 11.5 Å². The number of anilines is 2. The van der Waals surface area contributed by atoms with Crippen LogP contribution in [-0.4, -0.2) is 125 Å². The van der Waals surface area contributed by atoms with Crippen molar-refractivity contribution in [1.82, 2.24) is 46.5 Å². The fourth-order valence-electron chi connectivity index (χ4n) is 5.02. The fourth-order valence-corrected chi connectivity index (χ4v) is 5.11. The molecular formula is C34H44N12O12S. The Morgan fingerprint density at radius 1 is 0.831 bits per heavy atom. The number of rotatable bonds is 23. The summed E-state index contributed by atoms with van der Waals surface area (Å²) >= 11 is 4.02. The second-order valence-electron chi connectivity index (χ2n) is 13.0. The Balaban J connectivity index is 1.44. The van der Waals surface area contributed by atoms with Crippen LogP contribution in [-0.2, 0) is 40.1 Å². The van der Waals surface area contributed by atoms with Crippen molar-refractivity contribution in [2.24, 2.45) is 5.73 Å². The highest BCUT2D eigenvalue weighted by molar-refractivity contribution is 7.80. The summed E-state index contributed by atoms with van der Waals surface area (Å²) in [6, 6.07) is -0.525. The number of nitrogens with zero attached hydrogens (tertiary/aromatic N) is 3. The number of amides is 5. The quantitative estimate of drug-likeness (QED) is 0.0425. The summed E-state index contributed by atoms with van der Waals surface area (Å²) in [6.45, 7) is 1.29. The minimum atomic E-state index is -1.57. The molecule has 3 rings (SSSR count). The number of thiol groups is 1. The Morgan fingerprint density at radius 3 is 2.07 bits per heavy atom. The van der Waals surface area contributed by atoms with Gasteiger partial charge in [0, 0.05) is 42.4 Å². The zero-order valence-corrected chi connectivity index (χ0v) is 32.3. The van der Waals surface area contributed by atoms with Gasteiger partial charge < -0.3 is 58.7 Å². The van der Waals surface area contributed by atoms with E-state index in [1.807, 2.05) is 0 Å². The van der Waals surface area contributed by atoms with Gasteiger partial charge in [0.1, 0.15) is 24.2 Å². The van der Waals surface area contributed by atoms with Crippen LogP contribution in [0.3, 0.4) is 0 Å². The van der Waals surface area contributed by atoms with E-state index in [0.29, 0.717) is 11.4 Å². The number of aliphatic carboxylic acids is 3. The lowest BCUT2D eigenvalue weighted by molar-refractivity contribution is -0.143. The molecule has 318 valence electrons. The van der Waals surface area contributed by atoms with Crippen LogP contribution >= 0.6 is 12.6 Å². The lowest BCUT2D eigenvalue weighted by Gasteiger charge is -2.21. The van der Waals surface area contributed by atoms with Gasteiger partial charge in [-0.1, -0.05) is 0 Å². The molecular weight excluding hydrogens is 801 g/mol. The number of nitrogens with two attached hydrogens (primary N) is 2. The molecule has 0 spiro atoms. The van der Waals surface area contributed by atoms with Crippen molar-refractivity contribution >= 4 is 82.9 Å². The minimum absolute atomic E-state index is 0.00109. The molecule has 24 nitrogen and oxygen atoms in total. The highest BCUT2D eigenvalue weighted by Crippen LogP contribution is 2.13. The number of hydrogen-bond acceptors (Lipinski definition) is 16. The number of carboxylic acids is 3. The topological polar surface area (TPSA) is 393 Å². The highest BCUT2D eigenvalue weighted by Gasteiger charge is 2.28. The van der Waals surface area contributed by atoms with E-state index in [9.17, 15) is 53.4 Å². The van der Waals surface area contributed by atoms with Crippen molar-refractivity contribution in [2.75, 3.05) is 23.3 Å². The SMILES string of the molecule is C[C@H](CS)NC(=O)[C@H](CC(=O)O)NC(=O)[C@@H](N)CNC(=O)CC[C@H](NC(=O)CC[C@H](NC(=O)c1ccc(NCc2cnc3nc(N)[nH]c(=O)c3n2)cc1)C(=O)O)C(=O)O. The molecule has 0 aliphatic carbocycles. The smallest absolute Gasteiger partial charge is 0.326 e. The Labute approximate surface area is 339 Å². The van der Waals surface area contributed by atoms with Crippen LogP contribution in [0, 0.1) is 0 Å². The number of carbonyl (C=O) groups is 8. The molecule has 5 amide bonds. The fraction of sp³-hybridized carbons (Fsp3) is 0.412. The van der Waals surface area contributed by atoms with Crippen molar-refractivity contribution < 1.29 is 53.7 Å². The summed E-state index contributed by atoms with van der Waals surface area (Å²) in [6.07, 6.45) is -1.13. The van der Waals surface area contributed by atoms with Crippen LogP contribution in [0.4, 0.5) is 11.6 Å². The van der Waals surface area contributed by atoms with E-state index in [2.05, 4.69) is 64.5 Å². The number of fused-ring (bicyclic) bond motifs is 1. The largest absolute Gasteiger partial charge is 0.481 e. The average molecular weight is 845 g/mol. The molecule has 1 aromatic carbocycles. The zero-order valence-electron chi connectivity index (χ0n) is 31.4. The third-order valence-corrected chi connectivity index (χ3v) is 8.74. The standard InChI is InChI=1S/C34H44N12O12S/c1-15(14-59)40-30(53)22(10-25(49)50)44-29(52)19(35)13-38-23(47)8-6-20(32(55)56)42-24(48)9-7-21(33(57)58)43-28(51)16-2-4-17(5-3-16)37-11-18-12-39-27-26(41-18)31(54)46-34(36)45-27/h2-5,12,15,19-22,37,59H,6-11,13-14,35H2,1H3,(H,38,47)(H,40,53)(H,42,48)(H,43,51)(H,44,52)(H,49,50)(H,55,56)(H,57,58)(H3,36,39,45,46,54)/t15-,19+,20+,21+,22+/m1/s1. The van der Waals surface area contributed by atoms with Gasteiger partial charge in [-0.15, -0.1) is 0 Å². The first kappa shape index (κ1) is 46.5. The van der Waals surface area contributed by atoms with Crippen LogP contribution < -0.4 is 48.9 Å². The van der Waals surface area contributed by atoms with Gasteiger partial charge >= 0.3 is 17.9 Å². The molecule has 3 aromatic rings. The molecule has 2 heterocycles. The van der Waals surface area contributed by atoms with Crippen LogP contribution in [0.1, 0.15) is 55.1 Å². The number of carboxylic acid groups (broad SMARTS) is 3. The van der Waals surface area contributed by atoms with E-state index >= 15 is 0 Å². The third-order valence-electron chi connectivity index (χ3n) is 8.19. The molecule has 0 aliphatic heterocycles. The monoisotopic (exact) mass is 844 g/mol. The van der Waals surface area contributed by atoms with Gasteiger partial charge in [0.15, 0.2) is 11.2 Å². The predicted molar refractivity (Wildman–Crippen MR) is 210 cm³/mol. The van der Waals surface area contributed by atoms with Crippen molar-refractivity contribution in [3.63, 3.8) is 0 Å². The van der Waals surface area contributed by atoms with E-state index in [1.54, 1.807) is 6.92 Å². The average Bonchev–Trinajstić information content (AvgIpc) is 3.18.